The van der Waals surface area contributed by atoms with Gasteiger partial charge in [0.25, 0.3) is 0 Å². The van der Waals surface area contributed by atoms with Gasteiger partial charge in [-0.2, -0.15) is 0 Å². The number of nitrogens with zero attached hydrogens (tertiary/aromatic N) is 2. The molecule has 0 saturated heterocycles. The summed E-state index contributed by atoms with van der Waals surface area (Å²) in [6, 6.07) is 88.1. The van der Waals surface area contributed by atoms with Crippen molar-refractivity contribution in [3.8, 4) is 22.3 Å². The van der Waals surface area contributed by atoms with Gasteiger partial charge in [-0.3, -0.25) is 0 Å². The van der Waals surface area contributed by atoms with Crippen LogP contribution in [0.25, 0.3) is 76.1 Å². The van der Waals surface area contributed by atoms with Gasteiger partial charge in [0.15, 0.2) is 0 Å². The number of fused-ring (bicyclic) bond motifs is 11. The molecule has 0 saturated carbocycles. The van der Waals surface area contributed by atoms with Gasteiger partial charge in [0, 0.05) is 45.0 Å². The highest BCUT2D eigenvalue weighted by atomic mass is 15.1. The van der Waals surface area contributed by atoms with E-state index in [-0.39, 0.29) is 10.8 Å². The van der Waals surface area contributed by atoms with Crippen molar-refractivity contribution >= 4 is 88.0 Å². The predicted molar refractivity (Wildman–Crippen MR) is 335 cm³/mol. The van der Waals surface area contributed by atoms with E-state index in [1.54, 1.807) is 0 Å². The summed E-state index contributed by atoms with van der Waals surface area (Å²) in [5.74, 6) is 0. The van der Waals surface area contributed by atoms with Crippen molar-refractivity contribution < 1.29 is 0 Å². The summed E-state index contributed by atoms with van der Waals surface area (Å²) < 4.78 is 0. The fourth-order valence-corrected chi connectivity index (χ4v) is 14.7. The minimum atomic E-state index is -0.119. The van der Waals surface area contributed by atoms with Gasteiger partial charge in [0.1, 0.15) is 0 Å². The Labute approximate surface area is 460 Å². The van der Waals surface area contributed by atoms with E-state index in [1.165, 1.54) is 132 Å². The fraction of sp³-hybridized carbons (Fsp3) is 0.184. The Morgan fingerprint density at radius 3 is 0.782 bits per heavy atom. The Hall–Kier alpha value is -8.46. The minimum absolute atomic E-state index is 0.119. The Kier molecular flexibility index (Phi) is 11.8. The van der Waals surface area contributed by atoms with E-state index >= 15 is 0 Å². The van der Waals surface area contributed by atoms with Gasteiger partial charge in [0.2, 0.25) is 0 Å². The van der Waals surface area contributed by atoms with E-state index in [2.05, 4.69) is 268 Å². The summed E-state index contributed by atoms with van der Waals surface area (Å²) >= 11 is 0. The van der Waals surface area contributed by atoms with Gasteiger partial charge < -0.3 is 9.80 Å². The molecule has 2 heteroatoms. The zero-order valence-electron chi connectivity index (χ0n) is 45.5. The number of rotatable bonds is 14. The van der Waals surface area contributed by atoms with Crippen LogP contribution in [0.3, 0.4) is 0 Å². The number of benzene rings is 12. The Morgan fingerprint density at radius 2 is 0.487 bits per heavy atom. The molecule has 0 aromatic heterocycles. The second kappa shape index (κ2) is 19.2. The molecule has 14 rings (SSSR count). The maximum atomic E-state index is 2.63. The average molecular weight is 1010 g/mol. The lowest BCUT2D eigenvalue weighted by Gasteiger charge is -2.34. The van der Waals surface area contributed by atoms with Gasteiger partial charge >= 0.3 is 0 Å². The first-order valence-corrected chi connectivity index (χ1v) is 28.9. The molecule has 0 unspecified atom stereocenters. The summed E-state index contributed by atoms with van der Waals surface area (Å²) in [5, 5.41) is 12.7. The predicted octanol–water partition coefficient (Wildman–Crippen LogP) is 22.1. The first-order valence-electron chi connectivity index (χ1n) is 28.9. The first kappa shape index (κ1) is 48.0. The zero-order valence-corrected chi connectivity index (χ0v) is 45.5. The first-order chi connectivity index (χ1) is 38.4. The molecule has 0 amide bonds. The molecule has 0 radical (unpaired) electrons. The maximum absolute atomic E-state index is 2.63. The van der Waals surface area contributed by atoms with Gasteiger partial charge in [-0.05, 0) is 221 Å². The van der Waals surface area contributed by atoms with E-state index in [4.69, 9.17) is 0 Å². The summed E-state index contributed by atoms with van der Waals surface area (Å²) in [5.41, 5.74) is 18.4. The van der Waals surface area contributed by atoms with Crippen LogP contribution in [0.4, 0.5) is 34.1 Å². The SMILES string of the molecule is CCCC1(CCC)c2cc(N(c3ccc4ccccc4c3)c3ccc4ccccc4c3)ccc2-c2cc3cc4c(cc3cc21)-c1ccc(N(c2ccc3ccccc3c2)c2ccc3ccccc3c2)cc1C4(CCC)CCC. The summed E-state index contributed by atoms with van der Waals surface area (Å²) in [6.07, 6.45) is 8.80. The zero-order chi connectivity index (χ0) is 52.5. The average Bonchev–Trinajstić information content (AvgIpc) is 4.09. The third-order valence-corrected chi connectivity index (χ3v) is 18.0. The van der Waals surface area contributed by atoms with Crippen LogP contribution in [0.2, 0.25) is 0 Å². The highest BCUT2D eigenvalue weighted by Crippen LogP contribution is 2.59. The van der Waals surface area contributed by atoms with Crippen molar-refractivity contribution in [2.45, 2.75) is 89.9 Å². The highest BCUT2D eigenvalue weighted by molar-refractivity contribution is 6.01. The summed E-state index contributed by atoms with van der Waals surface area (Å²) in [6.45, 7) is 9.54. The van der Waals surface area contributed by atoms with E-state index < -0.39 is 0 Å². The fourth-order valence-electron chi connectivity index (χ4n) is 14.7. The molecule has 2 aliphatic carbocycles. The third-order valence-electron chi connectivity index (χ3n) is 18.0. The third kappa shape index (κ3) is 7.66. The molecular formula is C76H66N2. The second-order valence-corrected chi connectivity index (χ2v) is 22.6. The molecule has 380 valence electrons. The molecule has 0 heterocycles. The quantitative estimate of drug-likeness (QED) is 0.107. The normalized spacial score (nSPS) is 13.7. The van der Waals surface area contributed by atoms with Crippen molar-refractivity contribution in [3.05, 3.63) is 253 Å². The maximum Gasteiger partial charge on any atom is 0.0468 e. The molecule has 2 nitrogen and oxygen atoms in total. The van der Waals surface area contributed by atoms with Crippen molar-refractivity contribution in [2.75, 3.05) is 9.80 Å². The molecule has 12 aromatic rings. The molecule has 78 heavy (non-hydrogen) atoms. The summed E-state index contributed by atoms with van der Waals surface area (Å²) in [7, 11) is 0. The van der Waals surface area contributed by atoms with Crippen LogP contribution < -0.4 is 9.80 Å². The molecule has 0 aliphatic heterocycles. The van der Waals surface area contributed by atoms with Gasteiger partial charge in [-0.15, -0.1) is 0 Å². The number of hydrogen-bond donors (Lipinski definition) is 0. The van der Waals surface area contributed by atoms with Crippen LogP contribution in [0.5, 0.6) is 0 Å². The molecule has 2 aliphatic rings. The smallest absolute Gasteiger partial charge is 0.0468 e. The van der Waals surface area contributed by atoms with Crippen molar-refractivity contribution in [1.82, 2.24) is 0 Å². The molecule has 0 spiro atoms. The largest absolute Gasteiger partial charge is 0.310 e. The van der Waals surface area contributed by atoms with Crippen LogP contribution in [0.1, 0.15) is 101 Å². The van der Waals surface area contributed by atoms with Crippen LogP contribution in [-0.2, 0) is 10.8 Å². The molecule has 0 N–H and O–H groups in total. The van der Waals surface area contributed by atoms with E-state index in [1.807, 2.05) is 0 Å². The Balaban J connectivity index is 0.929. The molecule has 0 bridgehead atoms. The van der Waals surface area contributed by atoms with Crippen LogP contribution in [0.15, 0.2) is 231 Å². The number of anilines is 6. The highest BCUT2D eigenvalue weighted by Gasteiger charge is 2.45. The minimum Gasteiger partial charge on any atom is -0.310 e. The Morgan fingerprint density at radius 1 is 0.231 bits per heavy atom. The van der Waals surface area contributed by atoms with E-state index in [9.17, 15) is 0 Å². The Bertz CT molecular complexity index is 3860. The van der Waals surface area contributed by atoms with Gasteiger partial charge in [-0.1, -0.05) is 187 Å². The van der Waals surface area contributed by atoms with Crippen molar-refractivity contribution in [2.24, 2.45) is 0 Å². The topological polar surface area (TPSA) is 6.48 Å². The lowest BCUT2D eigenvalue weighted by molar-refractivity contribution is 0.435. The van der Waals surface area contributed by atoms with Crippen molar-refractivity contribution in [1.29, 1.82) is 0 Å². The van der Waals surface area contributed by atoms with Crippen LogP contribution >= 0.6 is 0 Å². The molecule has 0 fully saturated rings. The van der Waals surface area contributed by atoms with Crippen LogP contribution in [-0.4, -0.2) is 0 Å². The van der Waals surface area contributed by atoms with Gasteiger partial charge in [0.05, 0.1) is 0 Å². The molecule has 12 aromatic carbocycles. The lowest BCUT2D eigenvalue weighted by Crippen LogP contribution is -2.26. The van der Waals surface area contributed by atoms with E-state index in [0.29, 0.717) is 0 Å². The second-order valence-electron chi connectivity index (χ2n) is 22.6. The van der Waals surface area contributed by atoms with Crippen LogP contribution in [0, 0.1) is 0 Å². The number of hydrogen-bond acceptors (Lipinski definition) is 2. The van der Waals surface area contributed by atoms with Gasteiger partial charge in [-0.25, -0.2) is 0 Å². The lowest BCUT2D eigenvalue weighted by atomic mass is 9.70. The summed E-state index contributed by atoms with van der Waals surface area (Å²) in [4.78, 5) is 5.00. The standard InChI is InChI=1S/C76H66N2/c1-5-37-75(38-6-2)71-47-59-46-70-68-36-34-66(78(63-31-27-53-19-11-15-23-57(53)43-63)64-32-28-54-20-12-16-24-58(54)44-64)50-74(68)76(39-7-3,40-8-4)72(70)48-60(59)45-69(71)67-35-33-65(49-73(67)75)77(61-29-25-51-17-9-13-21-55(51)41-61)62-30-26-52-18-10-14-22-56(52)42-62/h9-36,41-50H,5-8,37-40H2,1-4H3. The monoisotopic (exact) mass is 1010 g/mol. The molecular weight excluding hydrogens is 941 g/mol. The van der Waals surface area contributed by atoms with E-state index in [0.717, 1.165) is 51.4 Å². The van der Waals surface area contributed by atoms with Crippen molar-refractivity contribution in [3.63, 3.8) is 0 Å². The molecule has 0 atom stereocenters.